The Morgan fingerprint density at radius 3 is 2.52 bits per heavy atom. The summed E-state index contributed by atoms with van der Waals surface area (Å²) in [5.74, 6) is 0. The average Bonchev–Trinajstić information content (AvgIpc) is 2.49. The van der Waals surface area contributed by atoms with Gasteiger partial charge in [0.2, 0.25) is 10.0 Å². The summed E-state index contributed by atoms with van der Waals surface area (Å²) in [6, 6.07) is 5.07. The minimum absolute atomic E-state index is 0.0958. The van der Waals surface area contributed by atoms with E-state index in [1.54, 1.807) is 22.5 Å². The third kappa shape index (κ3) is 3.67. The molecule has 0 saturated heterocycles. The molecule has 0 unspecified atom stereocenters. The van der Waals surface area contributed by atoms with Crippen LogP contribution < -0.4 is 0 Å². The molecule has 1 aliphatic carbocycles. The monoisotopic (exact) mass is 375 g/mol. The van der Waals surface area contributed by atoms with Crippen LogP contribution in [-0.4, -0.2) is 30.4 Å². The summed E-state index contributed by atoms with van der Waals surface area (Å²) in [6.07, 6.45) is 5.25. The van der Waals surface area contributed by atoms with Crippen molar-refractivity contribution >= 4 is 26.0 Å². The summed E-state index contributed by atoms with van der Waals surface area (Å²) in [6.45, 7) is 2.20. The molecule has 0 heterocycles. The Labute approximate surface area is 135 Å². The van der Waals surface area contributed by atoms with Crippen molar-refractivity contribution in [2.24, 2.45) is 0 Å². The highest BCUT2D eigenvalue weighted by atomic mass is 79.9. The molecular formula is C15H22BrNO3S. The van der Waals surface area contributed by atoms with Gasteiger partial charge in [-0.2, -0.15) is 4.31 Å². The fourth-order valence-electron chi connectivity index (χ4n) is 2.96. The Morgan fingerprint density at radius 1 is 1.29 bits per heavy atom. The fraction of sp³-hybridized carbons (Fsp3) is 0.600. The molecule has 6 heteroatoms. The molecule has 1 N–H and O–H groups in total. The molecule has 0 aliphatic heterocycles. The van der Waals surface area contributed by atoms with E-state index in [9.17, 15) is 13.5 Å². The van der Waals surface area contributed by atoms with Crippen LogP contribution in [0, 0.1) is 0 Å². The highest BCUT2D eigenvalue weighted by molar-refractivity contribution is 9.10. The maximum atomic E-state index is 13.0. The van der Waals surface area contributed by atoms with Crippen LogP contribution in [0.2, 0.25) is 0 Å². The van der Waals surface area contributed by atoms with E-state index in [1.165, 1.54) is 6.42 Å². The lowest BCUT2D eigenvalue weighted by atomic mass is 9.95. The van der Waals surface area contributed by atoms with E-state index < -0.39 is 10.0 Å². The molecule has 0 bridgehead atoms. The van der Waals surface area contributed by atoms with Gasteiger partial charge in [-0.1, -0.05) is 32.3 Å². The molecule has 0 aromatic heterocycles. The quantitative estimate of drug-likeness (QED) is 0.858. The highest BCUT2D eigenvalue weighted by Crippen LogP contribution is 2.31. The van der Waals surface area contributed by atoms with Crippen molar-refractivity contribution in [1.82, 2.24) is 4.31 Å². The zero-order valence-electron chi connectivity index (χ0n) is 12.3. The molecule has 0 atom stereocenters. The smallest absolute Gasteiger partial charge is 0.244 e. The number of halogens is 1. The molecule has 118 valence electrons. The van der Waals surface area contributed by atoms with E-state index in [1.807, 2.05) is 6.92 Å². The lowest BCUT2D eigenvalue weighted by Crippen LogP contribution is -2.41. The third-order valence-corrected chi connectivity index (χ3v) is 7.08. The van der Waals surface area contributed by atoms with Gasteiger partial charge >= 0.3 is 0 Å². The molecule has 0 spiro atoms. The predicted octanol–water partition coefficient (Wildman–Crippen LogP) is 3.28. The first-order chi connectivity index (χ1) is 10.0. The molecule has 1 aromatic carbocycles. The molecule has 0 radical (unpaired) electrons. The maximum absolute atomic E-state index is 13.0. The Bertz CT molecular complexity index is 583. The van der Waals surface area contributed by atoms with Crippen LogP contribution in [0.25, 0.3) is 0 Å². The maximum Gasteiger partial charge on any atom is 0.244 e. The van der Waals surface area contributed by atoms with Crippen molar-refractivity contribution in [1.29, 1.82) is 0 Å². The summed E-state index contributed by atoms with van der Waals surface area (Å²) in [4.78, 5) is 0.251. The molecule has 2 rings (SSSR count). The number of sulfonamides is 1. The topological polar surface area (TPSA) is 57.6 Å². The van der Waals surface area contributed by atoms with Gasteiger partial charge in [0, 0.05) is 17.1 Å². The number of aliphatic hydroxyl groups excluding tert-OH is 1. The van der Waals surface area contributed by atoms with E-state index in [4.69, 9.17) is 0 Å². The summed E-state index contributed by atoms with van der Waals surface area (Å²) in [5, 5.41) is 9.24. The van der Waals surface area contributed by atoms with Gasteiger partial charge in [-0.15, -0.1) is 0 Å². The first-order valence-electron chi connectivity index (χ1n) is 7.41. The van der Waals surface area contributed by atoms with Crippen molar-refractivity contribution in [2.75, 3.05) is 6.54 Å². The van der Waals surface area contributed by atoms with Gasteiger partial charge in [0.1, 0.15) is 0 Å². The van der Waals surface area contributed by atoms with Crippen LogP contribution in [0.4, 0.5) is 0 Å². The standard InChI is InChI=1S/C15H22BrNO3S/c1-2-17(13-6-4-3-5-7-13)21(19,20)15-10-12(11-18)8-9-14(15)16/h8-10,13,18H,2-7,11H2,1H3. The molecular weight excluding hydrogens is 354 g/mol. The van der Waals surface area contributed by atoms with Crippen molar-refractivity contribution in [3.8, 4) is 0 Å². The molecule has 1 saturated carbocycles. The molecule has 1 fully saturated rings. The second-order valence-corrected chi connectivity index (χ2v) is 8.14. The molecule has 21 heavy (non-hydrogen) atoms. The minimum atomic E-state index is -3.54. The predicted molar refractivity (Wildman–Crippen MR) is 86.5 cm³/mol. The molecule has 1 aromatic rings. The van der Waals surface area contributed by atoms with Gasteiger partial charge in [-0.25, -0.2) is 8.42 Å². The number of hydrogen-bond donors (Lipinski definition) is 1. The largest absolute Gasteiger partial charge is 0.392 e. The number of nitrogens with zero attached hydrogens (tertiary/aromatic N) is 1. The van der Waals surface area contributed by atoms with Crippen molar-refractivity contribution in [3.63, 3.8) is 0 Å². The third-order valence-electron chi connectivity index (χ3n) is 4.06. The second kappa shape index (κ2) is 7.22. The zero-order chi connectivity index (χ0) is 15.5. The fourth-order valence-corrected chi connectivity index (χ4v) is 5.63. The van der Waals surface area contributed by atoms with E-state index in [0.717, 1.165) is 25.7 Å². The van der Waals surface area contributed by atoms with Crippen molar-refractivity contribution in [2.45, 2.75) is 56.6 Å². The molecule has 0 amide bonds. The zero-order valence-corrected chi connectivity index (χ0v) is 14.7. The van der Waals surface area contributed by atoms with E-state index in [-0.39, 0.29) is 17.5 Å². The van der Waals surface area contributed by atoms with Gasteiger partial charge in [0.25, 0.3) is 0 Å². The first-order valence-corrected chi connectivity index (χ1v) is 9.65. The van der Waals surface area contributed by atoms with Gasteiger partial charge in [-0.3, -0.25) is 0 Å². The average molecular weight is 376 g/mol. The van der Waals surface area contributed by atoms with Crippen LogP contribution >= 0.6 is 15.9 Å². The normalized spacial score (nSPS) is 17.3. The van der Waals surface area contributed by atoms with Crippen LogP contribution in [-0.2, 0) is 16.6 Å². The molecule has 4 nitrogen and oxygen atoms in total. The Hall–Kier alpha value is -0.430. The van der Waals surface area contributed by atoms with Crippen LogP contribution in [0.5, 0.6) is 0 Å². The number of aliphatic hydroxyl groups is 1. The van der Waals surface area contributed by atoms with Gasteiger partial charge in [-0.05, 0) is 46.5 Å². The van der Waals surface area contributed by atoms with E-state index in [0.29, 0.717) is 16.6 Å². The van der Waals surface area contributed by atoms with Gasteiger partial charge < -0.3 is 5.11 Å². The van der Waals surface area contributed by atoms with Gasteiger partial charge in [0.15, 0.2) is 0 Å². The Kier molecular flexibility index (Phi) is 5.82. The SMILES string of the molecule is CCN(C1CCCCC1)S(=O)(=O)c1cc(CO)ccc1Br. The van der Waals surface area contributed by atoms with Crippen LogP contribution in [0.1, 0.15) is 44.6 Å². The van der Waals surface area contributed by atoms with E-state index in [2.05, 4.69) is 15.9 Å². The Balaban J connectivity index is 2.38. The lowest BCUT2D eigenvalue weighted by Gasteiger charge is -2.32. The van der Waals surface area contributed by atoms with E-state index >= 15 is 0 Å². The summed E-state index contributed by atoms with van der Waals surface area (Å²) in [7, 11) is -3.54. The Morgan fingerprint density at radius 2 is 1.95 bits per heavy atom. The highest BCUT2D eigenvalue weighted by Gasteiger charge is 2.32. The lowest BCUT2D eigenvalue weighted by molar-refractivity contribution is 0.261. The first kappa shape index (κ1) is 16.9. The minimum Gasteiger partial charge on any atom is -0.392 e. The molecule has 1 aliphatic rings. The summed E-state index contributed by atoms with van der Waals surface area (Å²) in [5.41, 5.74) is 0.608. The second-order valence-electron chi connectivity index (χ2n) is 5.42. The van der Waals surface area contributed by atoms with Crippen molar-refractivity contribution in [3.05, 3.63) is 28.2 Å². The summed E-state index contributed by atoms with van der Waals surface area (Å²) < 4.78 is 28.1. The van der Waals surface area contributed by atoms with Crippen LogP contribution in [0.3, 0.4) is 0 Å². The number of benzene rings is 1. The number of rotatable bonds is 5. The number of hydrogen-bond acceptors (Lipinski definition) is 3. The van der Waals surface area contributed by atoms with Gasteiger partial charge in [0.05, 0.1) is 11.5 Å². The van der Waals surface area contributed by atoms with Crippen LogP contribution in [0.15, 0.2) is 27.6 Å². The van der Waals surface area contributed by atoms with Crippen molar-refractivity contribution < 1.29 is 13.5 Å². The summed E-state index contributed by atoms with van der Waals surface area (Å²) >= 11 is 3.33.